The lowest BCUT2D eigenvalue weighted by atomic mass is 10.0. The Balaban J connectivity index is 1.73. The van der Waals surface area contributed by atoms with Crippen molar-refractivity contribution in [3.63, 3.8) is 0 Å². The quantitative estimate of drug-likeness (QED) is 0.407. The maximum Gasteiger partial charge on any atom is 0.333 e. The molecule has 0 spiro atoms. The molecule has 0 atom stereocenters. The van der Waals surface area contributed by atoms with Crippen LogP contribution in [0.3, 0.4) is 0 Å². The molecular formula is C26H26N6O2. The fraction of sp³-hybridized carbons (Fsp3) is 0.231. The Bertz CT molecular complexity index is 1590. The van der Waals surface area contributed by atoms with Gasteiger partial charge in [-0.1, -0.05) is 36.4 Å². The Hall–Kier alpha value is -4.20. The van der Waals surface area contributed by atoms with Crippen molar-refractivity contribution in [3.8, 4) is 16.8 Å². The van der Waals surface area contributed by atoms with E-state index in [9.17, 15) is 9.59 Å². The number of hydrogen-bond donors (Lipinski definition) is 0. The van der Waals surface area contributed by atoms with E-state index in [4.69, 9.17) is 0 Å². The van der Waals surface area contributed by atoms with E-state index in [1.165, 1.54) is 0 Å². The molecule has 0 saturated heterocycles. The molecule has 8 nitrogen and oxygen atoms in total. The Kier molecular flexibility index (Phi) is 5.28. The number of aromatic nitrogens is 5. The molecule has 5 aromatic rings. The number of fused-ring (bicyclic) bond motifs is 3. The topological polar surface area (TPSA) is 78.0 Å². The minimum Gasteiger partial charge on any atom is -0.344 e. The smallest absolute Gasteiger partial charge is 0.333 e. The minimum absolute atomic E-state index is 0.0380. The predicted octanol–water partition coefficient (Wildman–Crippen LogP) is 3.53. The molecule has 34 heavy (non-hydrogen) atoms. The normalized spacial score (nSPS) is 11.4. The van der Waals surface area contributed by atoms with E-state index in [1.807, 2.05) is 44.2 Å². The summed E-state index contributed by atoms with van der Waals surface area (Å²) >= 11 is 0. The van der Waals surface area contributed by atoms with Gasteiger partial charge in [-0.25, -0.2) is 4.79 Å². The number of likely N-dealkylation sites (N-methyl/N-ethyl adjacent to an activating group) is 1. The van der Waals surface area contributed by atoms with Gasteiger partial charge in [0.05, 0.1) is 40.3 Å². The average Bonchev–Trinajstić information content (AvgIpc) is 3.34. The molecule has 0 aliphatic carbocycles. The first-order valence-electron chi connectivity index (χ1n) is 11.2. The second kappa shape index (κ2) is 8.30. The minimum atomic E-state index is -0.186. The van der Waals surface area contributed by atoms with Crippen LogP contribution < -0.4 is 5.69 Å². The molecule has 2 aromatic carbocycles. The van der Waals surface area contributed by atoms with Gasteiger partial charge in [0, 0.05) is 26.0 Å². The lowest BCUT2D eigenvalue weighted by molar-refractivity contribution is -0.130. The number of amides is 1. The van der Waals surface area contributed by atoms with Gasteiger partial charge in [0.25, 0.3) is 0 Å². The van der Waals surface area contributed by atoms with Gasteiger partial charge in [-0.2, -0.15) is 5.10 Å². The van der Waals surface area contributed by atoms with Crippen LogP contribution in [0.15, 0.2) is 65.7 Å². The summed E-state index contributed by atoms with van der Waals surface area (Å²) in [6.07, 6.45) is 3.50. The zero-order valence-electron chi connectivity index (χ0n) is 19.7. The van der Waals surface area contributed by atoms with E-state index in [0.29, 0.717) is 17.9 Å². The largest absolute Gasteiger partial charge is 0.344 e. The third-order valence-electron chi connectivity index (χ3n) is 6.35. The summed E-state index contributed by atoms with van der Waals surface area (Å²) in [4.78, 5) is 32.1. The van der Waals surface area contributed by atoms with Crippen LogP contribution >= 0.6 is 0 Å². The predicted molar refractivity (Wildman–Crippen MR) is 133 cm³/mol. The number of carbonyl (C=O) groups excluding carboxylic acids is 1. The third kappa shape index (κ3) is 3.48. The van der Waals surface area contributed by atoms with E-state index in [2.05, 4.69) is 28.3 Å². The molecule has 0 fully saturated rings. The molecule has 0 radical (unpaired) electrons. The number of imidazole rings is 1. The summed E-state index contributed by atoms with van der Waals surface area (Å²) in [7, 11) is 3.51. The first kappa shape index (κ1) is 21.6. The molecule has 5 rings (SSSR count). The van der Waals surface area contributed by atoms with Crippen LogP contribution in [-0.2, 0) is 18.4 Å². The van der Waals surface area contributed by atoms with Gasteiger partial charge < -0.3 is 4.90 Å². The van der Waals surface area contributed by atoms with Gasteiger partial charge in [0.2, 0.25) is 5.91 Å². The van der Waals surface area contributed by atoms with Crippen molar-refractivity contribution in [2.75, 3.05) is 13.6 Å². The molecule has 172 valence electrons. The van der Waals surface area contributed by atoms with Crippen LogP contribution in [0.1, 0.15) is 12.6 Å². The highest BCUT2D eigenvalue weighted by atomic mass is 16.2. The first-order valence-corrected chi connectivity index (χ1v) is 11.2. The van der Waals surface area contributed by atoms with E-state index >= 15 is 0 Å². The zero-order valence-corrected chi connectivity index (χ0v) is 19.7. The number of benzene rings is 2. The van der Waals surface area contributed by atoms with E-state index in [1.54, 1.807) is 45.2 Å². The fourth-order valence-corrected chi connectivity index (χ4v) is 4.27. The maximum absolute atomic E-state index is 13.4. The van der Waals surface area contributed by atoms with Crippen molar-refractivity contribution in [1.82, 2.24) is 28.8 Å². The maximum atomic E-state index is 13.4. The first-order chi connectivity index (χ1) is 16.4. The van der Waals surface area contributed by atoms with Crippen molar-refractivity contribution in [1.29, 1.82) is 0 Å². The fourth-order valence-electron chi connectivity index (χ4n) is 4.27. The van der Waals surface area contributed by atoms with Crippen molar-refractivity contribution in [2.24, 2.45) is 7.05 Å². The monoisotopic (exact) mass is 454 g/mol. The Labute approximate surface area is 196 Å². The molecule has 0 aliphatic rings. The van der Waals surface area contributed by atoms with Crippen LogP contribution in [0, 0.1) is 6.92 Å². The van der Waals surface area contributed by atoms with Crippen LogP contribution in [-0.4, -0.2) is 48.3 Å². The number of carbonyl (C=O) groups is 1. The third-order valence-corrected chi connectivity index (χ3v) is 6.35. The van der Waals surface area contributed by atoms with Crippen LogP contribution in [0.4, 0.5) is 0 Å². The Morgan fingerprint density at radius 2 is 1.85 bits per heavy atom. The lowest BCUT2D eigenvalue weighted by Gasteiger charge is -2.13. The van der Waals surface area contributed by atoms with Gasteiger partial charge >= 0.3 is 5.69 Å². The molecule has 3 aromatic heterocycles. The highest BCUT2D eigenvalue weighted by molar-refractivity contribution is 6.04. The van der Waals surface area contributed by atoms with Crippen LogP contribution in [0.5, 0.6) is 0 Å². The summed E-state index contributed by atoms with van der Waals surface area (Å²) in [6.45, 7) is 4.52. The molecule has 0 bridgehead atoms. The van der Waals surface area contributed by atoms with Crippen molar-refractivity contribution in [3.05, 3.63) is 77.1 Å². The molecule has 0 aliphatic heterocycles. The standard InChI is InChI=1S/C26H26N6O2/c1-5-29(3)24(33)16-31-15-23(17(2)28-31)32-25-20-13-19(18-9-7-6-8-10-18)11-12-21(20)27-14-22(25)30(4)26(32)34/h6-15H,5,16H2,1-4H3. The second-order valence-electron chi connectivity index (χ2n) is 8.47. The summed E-state index contributed by atoms with van der Waals surface area (Å²) in [5, 5.41) is 5.41. The summed E-state index contributed by atoms with van der Waals surface area (Å²) < 4.78 is 4.88. The number of aryl methyl sites for hydroxylation is 2. The number of nitrogens with zero attached hydrogens (tertiary/aromatic N) is 6. The molecule has 8 heteroatoms. The number of pyridine rings is 1. The zero-order chi connectivity index (χ0) is 24.0. The van der Waals surface area contributed by atoms with Gasteiger partial charge in [-0.15, -0.1) is 0 Å². The summed E-state index contributed by atoms with van der Waals surface area (Å²) in [5.74, 6) is -0.0380. The van der Waals surface area contributed by atoms with Crippen LogP contribution in [0.2, 0.25) is 0 Å². The number of hydrogen-bond acceptors (Lipinski definition) is 4. The molecule has 0 N–H and O–H groups in total. The van der Waals surface area contributed by atoms with E-state index in [0.717, 1.165) is 33.1 Å². The van der Waals surface area contributed by atoms with E-state index < -0.39 is 0 Å². The molecular weight excluding hydrogens is 428 g/mol. The highest BCUT2D eigenvalue weighted by Crippen LogP contribution is 2.30. The summed E-state index contributed by atoms with van der Waals surface area (Å²) in [5.41, 5.74) is 5.59. The van der Waals surface area contributed by atoms with Crippen molar-refractivity contribution >= 4 is 27.8 Å². The lowest BCUT2D eigenvalue weighted by Crippen LogP contribution is -2.30. The highest BCUT2D eigenvalue weighted by Gasteiger charge is 2.20. The van der Waals surface area contributed by atoms with E-state index in [-0.39, 0.29) is 18.1 Å². The SMILES string of the molecule is CCN(C)C(=O)Cn1cc(-n2c(=O)n(C)c3cnc4ccc(-c5ccccc5)cc4c32)c(C)n1. The van der Waals surface area contributed by atoms with Gasteiger partial charge in [0.15, 0.2) is 0 Å². The number of rotatable bonds is 5. The Morgan fingerprint density at radius 1 is 1.09 bits per heavy atom. The summed E-state index contributed by atoms with van der Waals surface area (Å²) in [6, 6.07) is 16.2. The molecule has 1 amide bonds. The second-order valence-corrected chi connectivity index (χ2v) is 8.47. The molecule has 0 saturated carbocycles. The van der Waals surface area contributed by atoms with Gasteiger partial charge in [0.1, 0.15) is 6.54 Å². The van der Waals surface area contributed by atoms with Gasteiger partial charge in [-0.05, 0) is 37.1 Å². The molecule has 3 heterocycles. The van der Waals surface area contributed by atoms with Crippen LogP contribution in [0.25, 0.3) is 38.8 Å². The Morgan fingerprint density at radius 3 is 2.59 bits per heavy atom. The van der Waals surface area contributed by atoms with Crippen molar-refractivity contribution < 1.29 is 4.79 Å². The van der Waals surface area contributed by atoms with Crippen molar-refractivity contribution in [2.45, 2.75) is 20.4 Å². The van der Waals surface area contributed by atoms with Gasteiger partial charge in [-0.3, -0.25) is 23.6 Å². The average molecular weight is 455 g/mol. The molecule has 0 unspecified atom stereocenters.